The molecule has 140 valence electrons. The van der Waals surface area contributed by atoms with E-state index < -0.39 is 10.0 Å². The lowest BCUT2D eigenvalue weighted by atomic mass is 10.0. The maximum Gasteiger partial charge on any atom is 0.240 e. The van der Waals surface area contributed by atoms with Crippen LogP contribution in [-0.2, 0) is 14.8 Å². The number of ether oxygens (including phenoxy) is 1. The number of sulfonamides is 1. The van der Waals surface area contributed by atoms with Gasteiger partial charge in [-0.25, -0.2) is 8.42 Å². The third kappa shape index (κ3) is 5.49. The molecule has 2 rings (SSSR count). The van der Waals surface area contributed by atoms with Crippen molar-refractivity contribution in [1.82, 2.24) is 5.32 Å². The zero-order valence-corrected chi connectivity index (χ0v) is 16.0. The van der Waals surface area contributed by atoms with Crippen LogP contribution in [0, 0.1) is 0 Å². The molecular weight excluding hydrogens is 352 g/mol. The van der Waals surface area contributed by atoms with Gasteiger partial charge in [-0.2, -0.15) is 0 Å². The molecule has 7 heteroatoms. The van der Waals surface area contributed by atoms with Crippen molar-refractivity contribution in [2.45, 2.75) is 12.8 Å². The molecule has 0 saturated carbocycles. The Hall–Kier alpha value is -2.54. The number of benzene rings is 2. The van der Waals surface area contributed by atoms with Crippen LogP contribution in [0.5, 0.6) is 5.75 Å². The van der Waals surface area contributed by atoms with E-state index in [1.165, 1.54) is 7.11 Å². The Morgan fingerprint density at radius 3 is 2.46 bits per heavy atom. The van der Waals surface area contributed by atoms with Crippen LogP contribution in [-0.4, -0.2) is 40.8 Å². The van der Waals surface area contributed by atoms with E-state index in [1.807, 2.05) is 37.3 Å². The summed E-state index contributed by atoms with van der Waals surface area (Å²) in [6.45, 7) is 2.15. The highest BCUT2D eigenvalue weighted by atomic mass is 32.2. The number of methoxy groups -OCH3 is 1. The molecule has 0 radical (unpaired) electrons. The van der Waals surface area contributed by atoms with Gasteiger partial charge in [0.05, 0.1) is 19.1 Å². The Morgan fingerprint density at radius 2 is 1.85 bits per heavy atom. The minimum absolute atomic E-state index is 0.128. The molecule has 0 aromatic heterocycles. The van der Waals surface area contributed by atoms with Crippen LogP contribution in [0.15, 0.2) is 54.6 Å². The number of carbonyl (C=O) groups is 1. The van der Waals surface area contributed by atoms with E-state index in [9.17, 15) is 13.2 Å². The predicted molar refractivity (Wildman–Crippen MR) is 103 cm³/mol. The van der Waals surface area contributed by atoms with Gasteiger partial charge in [-0.05, 0) is 23.6 Å². The number of amides is 1. The largest absolute Gasteiger partial charge is 0.497 e. The normalized spacial score (nSPS) is 12.3. The van der Waals surface area contributed by atoms with Crippen molar-refractivity contribution in [3.63, 3.8) is 0 Å². The van der Waals surface area contributed by atoms with Gasteiger partial charge >= 0.3 is 0 Å². The summed E-state index contributed by atoms with van der Waals surface area (Å²) < 4.78 is 30.5. The van der Waals surface area contributed by atoms with Gasteiger partial charge in [-0.15, -0.1) is 0 Å². The number of hydrogen-bond acceptors (Lipinski definition) is 4. The maximum absolute atomic E-state index is 12.3. The lowest BCUT2D eigenvalue weighted by molar-refractivity contribution is -0.119. The highest BCUT2D eigenvalue weighted by Gasteiger charge is 2.21. The fourth-order valence-electron chi connectivity index (χ4n) is 2.52. The molecule has 0 saturated heterocycles. The summed E-state index contributed by atoms with van der Waals surface area (Å²) in [6.07, 6.45) is 1.08. The van der Waals surface area contributed by atoms with Gasteiger partial charge in [0.2, 0.25) is 15.9 Å². The summed E-state index contributed by atoms with van der Waals surface area (Å²) in [5.41, 5.74) is 1.50. The van der Waals surface area contributed by atoms with Crippen LogP contribution in [0.25, 0.3) is 0 Å². The van der Waals surface area contributed by atoms with Crippen molar-refractivity contribution >= 4 is 21.6 Å². The van der Waals surface area contributed by atoms with Crippen LogP contribution in [0.1, 0.15) is 18.4 Å². The molecule has 6 nitrogen and oxygen atoms in total. The fraction of sp³-hybridized carbons (Fsp3) is 0.316. The predicted octanol–water partition coefficient (Wildman–Crippen LogP) is 2.38. The van der Waals surface area contributed by atoms with Gasteiger partial charge in [-0.3, -0.25) is 9.10 Å². The number of anilines is 1. The summed E-state index contributed by atoms with van der Waals surface area (Å²) in [6, 6.07) is 16.4. The van der Waals surface area contributed by atoms with Crippen molar-refractivity contribution in [2.24, 2.45) is 0 Å². The SMILES string of the molecule is COc1cccc(N(CC(=O)NCC(C)c2ccccc2)S(C)(=O)=O)c1. The molecule has 2 aromatic carbocycles. The van der Waals surface area contributed by atoms with Gasteiger partial charge in [0.1, 0.15) is 12.3 Å². The van der Waals surface area contributed by atoms with Gasteiger partial charge in [0.15, 0.2) is 0 Å². The number of nitrogens with zero attached hydrogens (tertiary/aromatic N) is 1. The smallest absolute Gasteiger partial charge is 0.240 e. The Labute approximate surface area is 154 Å². The molecule has 1 amide bonds. The van der Waals surface area contributed by atoms with Gasteiger partial charge in [0.25, 0.3) is 0 Å². The monoisotopic (exact) mass is 376 g/mol. The van der Waals surface area contributed by atoms with Crippen LogP contribution in [0.2, 0.25) is 0 Å². The van der Waals surface area contributed by atoms with Crippen molar-refractivity contribution in [3.8, 4) is 5.75 Å². The summed E-state index contributed by atoms with van der Waals surface area (Å²) in [4.78, 5) is 12.3. The van der Waals surface area contributed by atoms with E-state index in [0.29, 0.717) is 18.0 Å². The molecule has 0 aliphatic carbocycles. The highest BCUT2D eigenvalue weighted by molar-refractivity contribution is 7.92. The number of hydrogen-bond donors (Lipinski definition) is 1. The average Bonchev–Trinajstić information content (AvgIpc) is 2.64. The zero-order valence-electron chi connectivity index (χ0n) is 15.2. The molecular formula is C19H24N2O4S. The third-order valence-corrected chi connectivity index (χ3v) is 5.14. The maximum atomic E-state index is 12.3. The molecule has 2 aromatic rings. The average molecular weight is 376 g/mol. The second-order valence-electron chi connectivity index (χ2n) is 6.09. The molecule has 0 heterocycles. The van der Waals surface area contributed by atoms with E-state index in [4.69, 9.17) is 4.74 Å². The van der Waals surface area contributed by atoms with E-state index in [1.54, 1.807) is 24.3 Å². The molecule has 1 atom stereocenters. The lowest BCUT2D eigenvalue weighted by Gasteiger charge is -2.23. The topological polar surface area (TPSA) is 75.7 Å². The van der Waals surface area contributed by atoms with Gasteiger partial charge in [0, 0.05) is 12.6 Å². The first-order valence-corrected chi connectivity index (χ1v) is 10.1. The molecule has 0 aliphatic rings. The van der Waals surface area contributed by atoms with E-state index in [2.05, 4.69) is 5.32 Å². The van der Waals surface area contributed by atoms with E-state index in [0.717, 1.165) is 16.1 Å². The quantitative estimate of drug-likeness (QED) is 0.767. The summed E-state index contributed by atoms with van der Waals surface area (Å²) >= 11 is 0. The molecule has 0 bridgehead atoms. The van der Waals surface area contributed by atoms with Crippen LogP contribution in [0.3, 0.4) is 0 Å². The fourth-order valence-corrected chi connectivity index (χ4v) is 3.37. The summed E-state index contributed by atoms with van der Waals surface area (Å²) in [7, 11) is -2.11. The number of carbonyl (C=O) groups excluding carboxylic acids is 1. The Balaban J connectivity index is 2.05. The van der Waals surface area contributed by atoms with E-state index >= 15 is 0 Å². The first-order chi connectivity index (χ1) is 12.3. The van der Waals surface area contributed by atoms with Crippen LogP contribution >= 0.6 is 0 Å². The standard InChI is InChI=1S/C19H24N2O4S/c1-15(16-8-5-4-6-9-16)13-20-19(22)14-21(26(3,23)24)17-10-7-11-18(12-17)25-2/h4-12,15H,13-14H2,1-3H3,(H,20,22). The highest BCUT2D eigenvalue weighted by Crippen LogP contribution is 2.22. The molecule has 1 unspecified atom stereocenters. The Morgan fingerprint density at radius 1 is 1.15 bits per heavy atom. The Bertz CT molecular complexity index is 838. The van der Waals surface area contributed by atoms with Crippen molar-refractivity contribution < 1.29 is 17.9 Å². The first-order valence-electron chi connectivity index (χ1n) is 8.24. The van der Waals surface area contributed by atoms with Crippen LogP contribution < -0.4 is 14.4 Å². The summed E-state index contributed by atoms with van der Waals surface area (Å²) in [5.74, 6) is 0.291. The summed E-state index contributed by atoms with van der Waals surface area (Å²) in [5, 5.41) is 2.81. The second kappa shape index (κ2) is 8.71. The lowest BCUT2D eigenvalue weighted by Crippen LogP contribution is -2.41. The minimum atomic E-state index is -3.61. The Kier molecular flexibility index (Phi) is 6.63. The van der Waals surface area contributed by atoms with Gasteiger partial charge in [-0.1, -0.05) is 43.3 Å². The van der Waals surface area contributed by atoms with Crippen molar-refractivity contribution in [2.75, 3.05) is 30.8 Å². The molecule has 0 fully saturated rings. The minimum Gasteiger partial charge on any atom is -0.497 e. The van der Waals surface area contributed by atoms with Crippen LogP contribution in [0.4, 0.5) is 5.69 Å². The molecule has 0 aliphatic heterocycles. The molecule has 26 heavy (non-hydrogen) atoms. The van der Waals surface area contributed by atoms with E-state index in [-0.39, 0.29) is 18.4 Å². The first kappa shape index (κ1) is 19.8. The van der Waals surface area contributed by atoms with Crippen molar-refractivity contribution in [3.05, 3.63) is 60.2 Å². The number of rotatable bonds is 8. The third-order valence-electron chi connectivity index (χ3n) is 4.00. The second-order valence-corrected chi connectivity index (χ2v) is 7.99. The molecule has 0 spiro atoms. The number of nitrogens with one attached hydrogen (secondary N) is 1. The van der Waals surface area contributed by atoms with Gasteiger partial charge < -0.3 is 10.1 Å². The molecule has 1 N–H and O–H groups in total. The van der Waals surface area contributed by atoms with Crippen molar-refractivity contribution in [1.29, 1.82) is 0 Å². The zero-order chi connectivity index (χ0) is 19.2.